The summed E-state index contributed by atoms with van der Waals surface area (Å²) in [7, 11) is -1.17. The Bertz CT molecular complexity index is 913. The van der Waals surface area contributed by atoms with E-state index in [1.807, 2.05) is 6.26 Å². The highest BCUT2D eigenvalue weighted by Gasteiger charge is 2.30. The van der Waals surface area contributed by atoms with E-state index < -0.39 is 22.5 Å². The Morgan fingerprint density at radius 2 is 1.75 bits per heavy atom. The zero-order chi connectivity index (χ0) is 20.7. The van der Waals surface area contributed by atoms with Crippen molar-refractivity contribution < 1.29 is 27.4 Å². The van der Waals surface area contributed by atoms with E-state index in [0.29, 0.717) is 5.75 Å². The largest absolute Gasteiger partial charge is 0.497 e. The molecular weight excluding hydrogens is 402 g/mol. The van der Waals surface area contributed by atoms with Gasteiger partial charge in [0.05, 0.1) is 31.4 Å². The van der Waals surface area contributed by atoms with Crippen LogP contribution in [0, 0.1) is 0 Å². The zero-order valence-electron chi connectivity index (χ0n) is 16.2. The van der Waals surface area contributed by atoms with Crippen LogP contribution in [0.15, 0.2) is 52.3 Å². The highest BCUT2D eigenvalue weighted by Crippen LogP contribution is 2.35. The second-order valence-electron chi connectivity index (χ2n) is 5.53. The van der Waals surface area contributed by atoms with Gasteiger partial charge in [-0.15, -0.1) is 11.8 Å². The summed E-state index contributed by atoms with van der Waals surface area (Å²) in [5, 5.41) is 0. The lowest BCUT2D eigenvalue weighted by molar-refractivity contribution is -0.141. The van der Waals surface area contributed by atoms with Crippen LogP contribution >= 0.6 is 11.8 Å². The Kier molecular flexibility index (Phi) is 7.59. The first kappa shape index (κ1) is 21.9. The maximum Gasteiger partial charge on any atom is 0.326 e. The first-order valence-corrected chi connectivity index (χ1v) is 11.1. The lowest BCUT2D eigenvalue weighted by atomic mass is 10.2. The van der Waals surface area contributed by atoms with Gasteiger partial charge in [0, 0.05) is 11.0 Å². The number of carbonyl (C=O) groups is 1. The summed E-state index contributed by atoms with van der Waals surface area (Å²) in [4.78, 5) is 13.1. The smallest absolute Gasteiger partial charge is 0.326 e. The van der Waals surface area contributed by atoms with Gasteiger partial charge in [-0.25, -0.2) is 8.42 Å². The molecule has 0 amide bonds. The summed E-state index contributed by atoms with van der Waals surface area (Å²) >= 11 is 1.50. The van der Waals surface area contributed by atoms with Crippen molar-refractivity contribution in [2.75, 3.05) is 37.9 Å². The number of hydrogen-bond acceptors (Lipinski definition) is 7. The van der Waals surface area contributed by atoms with Crippen molar-refractivity contribution in [2.24, 2.45) is 0 Å². The normalized spacial score (nSPS) is 11.0. The van der Waals surface area contributed by atoms with Crippen LogP contribution in [-0.4, -0.2) is 48.0 Å². The van der Waals surface area contributed by atoms with Crippen molar-refractivity contribution in [1.82, 2.24) is 0 Å². The van der Waals surface area contributed by atoms with Crippen molar-refractivity contribution in [3.8, 4) is 11.5 Å². The molecule has 0 spiro atoms. The number of anilines is 1. The predicted molar refractivity (Wildman–Crippen MR) is 109 cm³/mol. The predicted octanol–water partition coefficient (Wildman–Crippen LogP) is 3.18. The van der Waals surface area contributed by atoms with Crippen LogP contribution in [0.2, 0.25) is 0 Å². The van der Waals surface area contributed by atoms with E-state index in [0.717, 1.165) is 9.20 Å². The number of rotatable bonds is 9. The first-order valence-electron chi connectivity index (χ1n) is 8.41. The van der Waals surface area contributed by atoms with Gasteiger partial charge in [-0.1, -0.05) is 0 Å². The van der Waals surface area contributed by atoms with E-state index in [1.54, 1.807) is 31.2 Å². The van der Waals surface area contributed by atoms with Gasteiger partial charge in [0.15, 0.2) is 0 Å². The van der Waals surface area contributed by atoms with Gasteiger partial charge < -0.3 is 14.2 Å². The van der Waals surface area contributed by atoms with E-state index in [9.17, 15) is 13.2 Å². The molecule has 0 fully saturated rings. The molecule has 0 heterocycles. The number of esters is 1. The van der Waals surface area contributed by atoms with E-state index in [2.05, 4.69) is 0 Å². The molecule has 0 aromatic heterocycles. The van der Waals surface area contributed by atoms with Crippen LogP contribution < -0.4 is 13.8 Å². The summed E-state index contributed by atoms with van der Waals surface area (Å²) < 4.78 is 43.2. The Hall–Kier alpha value is -2.39. The highest BCUT2D eigenvalue weighted by atomic mass is 32.2. The molecule has 0 aliphatic heterocycles. The monoisotopic (exact) mass is 425 g/mol. The van der Waals surface area contributed by atoms with E-state index in [1.165, 1.54) is 44.2 Å². The minimum absolute atomic E-state index is 0.0551. The number of nitrogens with zero attached hydrogens (tertiary/aromatic N) is 1. The maximum absolute atomic E-state index is 13.4. The highest BCUT2D eigenvalue weighted by molar-refractivity contribution is 7.98. The van der Waals surface area contributed by atoms with Crippen LogP contribution in [-0.2, 0) is 19.6 Å². The standard InChI is InChI=1S/C19H23NO6S2/c1-5-26-19(21)13-20(17-12-14(24-2)6-11-18(17)25-3)28(22,23)16-9-7-15(27-4)8-10-16/h6-12H,5,13H2,1-4H3. The summed E-state index contributed by atoms with van der Waals surface area (Å²) in [6, 6.07) is 11.2. The van der Waals surface area contributed by atoms with Crippen molar-refractivity contribution in [1.29, 1.82) is 0 Å². The number of carbonyl (C=O) groups excluding carboxylic acids is 1. The molecule has 0 saturated carbocycles. The average Bonchev–Trinajstić information content (AvgIpc) is 2.71. The van der Waals surface area contributed by atoms with E-state index >= 15 is 0 Å². The number of benzene rings is 2. The molecule has 0 bridgehead atoms. The third kappa shape index (κ3) is 4.90. The third-order valence-electron chi connectivity index (χ3n) is 3.88. The Labute approximate surface area is 169 Å². The van der Waals surface area contributed by atoms with Crippen molar-refractivity contribution >= 4 is 33.4 Å². The molecule has 2 aromatic carbocycles. The molecule has 9 heteroatoms. The molecule has 0 aliphatic rings. The minimum Gasteiger partial charge on any atom is -0.497 e. The molecule has 2 rings (SSSR count). The molecular formula is C19H23NO6S2. The lowest BCUT2D eigenvalue weighted by Crippen LogP contribution is -2.37. The van der Waals surface area contributed by atoms with E-state index in [4.69, 9.17) is 14.2 Å². The number of hydrogen-bond donors (Lipinski definition) is 0. The fourth-order valence-corrected chi connectivity index (χ4v) is 4.31. The van der Waals surface area contributed by atoms with Crippen LogP contribution in [0.1, 0.15) is 6.92 Å². The Morgan fingerprint density at radius 3 is 2.29 bits per heavy atom. The molecule has 0 atom stereocenters. The van der Waals surface area contributed by atoms with Gasteiger partial charge >= 0.3 is 5.97 Å². The average molecular weight is 426 g/mol. The molecule has 0 N–H and O–H groups in total. The van der Waals surface area contributed by atoms with Crippen LogP contribution in [0.3, 0.4) is 0 Å². The molecule has 28 heavy (non-hydrogen) atoms. The number of ether oxygens (including phenoxy) is 3. The van der Waals surface area contributed by atoms with Gasteiger partial charge in [0.1, 0.15) is 18.0 Å². The SMILES string of the molecule is CCOC(=O)CN(c1cc(OC)ccc1OC)S(=O)(=O)c1ccc(SC)cc1. The van der Waals surface area contributed by atoms with Gasteiger partial charge in [-0.05, 0) is 49.6 Å². The van der Waals surface area contributed by atoms with Crippen LogP contribution in [0.4, 0.5) is 5.69 Å². The third-order valence-corrected chi connectivity index (χ3v) is 6.40. The summed E-state index contributed by atoms with van der Waals surface area (Å²) in [5.41, 5.74) is 0.184. The molecule has 0 radical (unpaired) electrons. The first-order chi connectivity index (χ1) is 13.4. The van der Waals surface area contributed by atoms with E-state index in [-0.39, 0.29) is 22.9 Å². The van der Waals surface area contributed by atoms with Crippen LogP contribution in [0.25, 0.3) is 0 Å². The van der Waals surface area contributed by atoms with Gasteiger partial charge in [0.25, 0.3) is 10.0 Å². The number of thioether (sulfide) groups is 1. The van der Waals surface area contributed by atoms with Gasteiger partial charge in [0.2, 0.25) is 0 Å². The summed E-state index contributed by atoms with van der Waals surface area (Å²) in [5.74, 6) is 0.0451. The van der Waals surface area contributed by atoms with Crippen molar-refractivity contribution in [3.63, 3.8) is 0 Å². The molecule has 152 valence electrons. The fraction of sp³-hybridized carbons (Fsp3) is 0.316. The number of methoxy groups -OCH3 is 2. The van der Waals surface area contributed by atoms with Crippen LogP contribution in [0.5, 0.6) is 11.5 Å². The second kappa shape index (κ2) is 9.70. The molecule has 0 aliphatic carbocycles. The zero-order valence-corrected chi connectivity index (χ0v) is 17.8. The topological polar surface area (TPSA) is 82.1 Å². The molecule has 7 nitrogen and oxygen atoms in total. The summed E-state index contributed by atoms with van der Waals surface area (Å²) in [6.07, 6.45) is 1.90. The summed E-state index contributed by atoms with van der Waals surface area (Å²) in [6.45, 7) is 1.30. The second-order valence-corrected chi connectivity index (χ2v) is 8.27. The molecule has 0 saturated heterocycles. The minimum atomic E-state index is -4.06. The molecule has 2 aromatic rings. The Morgan fingerprint density at radius 1 is 1.07 bits per heavy atom. The van der Waals surface area contributed by atoms with Gasteiger partial charge in [-0.3, -0.25) is 9.10 Å². The van der Waals surface area contributed by atoms with Gasteiger partial charge in [-0.2, -0.15) is 0 Å². The maximum atomic E-state index is 13.4. The quantitative estimate of drug-likeness (QED) is 0.451. The molecule has 0 unspecified atom stereocenters. The van der Waals surface area contributed by atoms with Crippen molar-refractivity contribution in [3.05, 3.63) is 42.5 Å². The number of sulfonamides is 1. The Balaban J connectivity index is 2.59. The fourth-order valence-electron chi connectivity index (χ4n) is 2.49. The van der Waals surface area contributed by atoms with Crippen molar-refractivity contribution in [2.45, 2.75) is 16.7 Å². The lowest BCUT2D eigenvalue weighted by Gasteiger charge is -2.25.